The molecule has 1 aliphatic rings. The minimum absolute atomic E-state index is 0.211. The topological polar surface area (TPSA) is 52.9 Å². The molecule has 1 amide bonds. The number of hydrogen-bond acceptors (Lipinski definition) is 2. The number of nitrogens with zero attached hydrogens (tertiary/aromatic N) is 1. The molecular weight excluding hydrogens is 236 g/mol. The largest absolute Gasteiger partial charge is 0.324 e. The molecule has 0 radical (unpaired) electrons. The van der Waals surface area contributed by atoms with Crippen LogP contribution in [0.3, 0.4) is 0 Å². The van der Waals surface area contributed by atoms with Crippen molar-refractivity contribution in [1.29, 1.82) is 5.26 Å². The number of nitriles is 1. The van der Waals surface area contributed by atoms with E-state index in [4.69, 9.17) is 16.9 Å². The molecule has 0 unspecified atom stereocenters. The van der Waals surface area contributed by atoms with Crippen LogP contribution in [0.4, 0.5) is 5.69 Å². The number of rotatable bonds is 2. The van der Waals surface area contributed by atoms with Crippen LogP contribution in [0.15, 0.2) is 18.2 Å². The molecule has 0 aromatic heterocycles. The van der Waals surface area contributed by atoms with E-state index < -0.39 is 5.41 Å². The molecule has 0 heterocycles. The Hall–Kier alpha value is -1.53. The number of nitrogens with one attached hydrogen (secondary N) is 1. The fourth-order valence-electron chi connectivity index (χ4n) is 1.90. The molecule has 1 aromatic carbocycles. The summed E-state index contributed by atoms with van der Waals surface area (Å²) < 4.78 is 0. The van der Waals surface area contributed by atoms with Crippen molar-refractivity contribution in [3.63, 3.8) is 0 Å². The third-order valence-electron chi connectivity index (χ3n) is 3.37. The second-order valence-electron chi connectivity index (χ2n) is 4.41. The van der Waals surface area contributed by atoms with Gasteiger partial charge in [0.2, 0.25) is 5.91 Å². The minimum atomic E-state index is -0.825. The van der Waals surface area contributed by atoms with Crippen LogP contribution < -0.4 is 5.32 Å². The normalized spacial score (nSPS) is 16.8. The van der Waals surface area contributed by atoms with E-state index in [1.165, 1.54) is 0 Å². The Morgan fingerprint density at radius 3 is 2.76 bits per heavy atom. The van der Waals surface area contributed by atoms with Crippen LogP contribution >= 0.6 is 11.6 Å². The van der Waals surface area contributed by atoms with Crippen molar-refractivity contribution < 1.29 is 4.79 Å². The first-order valence-corrected chi connectivity index (χ1v) is 5.95. The van der Waals surface area contributed by atoms with E-state index in [1.807, 2.05) is 6.92 Å². The highest BCUT2D eigenvalue weighted by molar-refractivity contribution is 6.31. The third kappa shape index (κ3) is 2.01. The van der Waals surface area contributed by atoms with E-state index in [0.29, 0.717) is 23.6 Å². The Bertz CT molecular complexity index is 501. The highest BCUT2D eigenvalue weighted by Crippen LogP contribution is 2.41. The van der Waals surface area contributed by atoms with Crippen LogP contribution in [-0.4, -0.2) is 5.91 Å². The van der Waals surface area contributed by atoms with Crippen LogP contribution in [-0.2, 0) is 4.79 Å². The van der Waals surface area contributed by atoms with Crippen LogP contribution in [0.5, 0.6) is 0 Å². The van der Waals surface area contributed by atoms with E-state index in [2.05, 4.69) is 11.4 Å². The molecule has 1 N–H and O–H groups in total. The number of benzene rings is 1. The highest BCUT2D eigenvalue weighted by Gasteiger charge is 2.44. The van der Waals surface area contributed by atoms with Crippen molar-refractivity contribution in [3.8, 4) is 6.07 Å². The minimum Gasteiger partial charge on any atom is -0.324 e. The molecule has 1 aromatic rings. The van der Waals surface area contributed by atoms with Gasteiger partial charge in [0.1, 0.15) is 5.41 Å². The first-order valence-electron chi connectivity index (χ1n) is 5.57. The third-order valence-corrected chi connectivity index (χ3v) is 3.78. The molecule has 17 heavy (non-hydrogen) atoms. The fraction of sp³-hybridized carbons (Fsp3) is 0.385. The fourth-order valence-corrected chi connectivity index (χ4v) is 2.08. The Labute approximate surface area is 105 Å². The molecule has 0 aliphatic heterocycles. The van der Waals surface area contributed by atoms with E-state index >= 15 is 0 Å². The summed E-state index contributed by atoms with van der Waals surface area (Å²) in [4.78, 5) is 12.0. The van der Waals surface area contributed by atoms with Crippen molar-refractivity contribution in [2.75, 3.05) is 5.32 Å². The summed E-state index contributed by atoms with van der Waals surface area (Å²) in [5.41, 5.74) is 0.688. The highest BCUT2D eigenvalue weighted by atomic mass is 35.5. The summed E-state index contributed by atoms with van der Waals surface area (Å²) in [7, 11) is 0. The second-order valence-corrected chi connectivity index (χ2v) is 4.82. The summed E-state index contributed by atoms with van der Waals surface area (Å²) in [6, 6.07) is 7.47. The van der Waals surface area contributed by atoms with Gasteiger partial charge in [-0.3, -0.25) is 4.79 Å². The Morgan fingerprint density at radius 2 is 2.24 bits per heavy atom. The maximum Gasteiger partial charge on any atom is 0.244 e. The maximum absolute atomic E-state index is 12.0. The zero-order chi connectivity index (χ0) is 12.5. The number of anilines is 1. The van der Waals surface area contributed by atoms with Crippen molar-refractivity contribution in [3.05, 3.63) is 28.8 Å². The first kappa shape index (κ1) is 11.9. The molecule has 3 nitrogen and oxygen atoms in total. The van der Waals surface area contributed by atoms with Gasteiger partial charge in [0, 0.05) is 10.7 Å². The number of hydrogen-bond donors (Lipinski definition) is 1. The zero-order valence-corrected chi connectivity index (χ0v) is 10.3. The van der Waals surface area contributed by atoms with Crippen LogP contribution in [0.25, 0.3) is 0 Å². The van der Waals surface area contributed by atoms with Crippen molar-refractivity contribution in [1.82, 2.24) is 0 Å². The van der Waals surface area contributed by atoms with Gasteiger partial charge in [-0.25, -0.2) is 0 Å². The average Bonchev–Trinajstić information content (AvgIpc) is 2.24. The quantitative estimate of drug-likeness (QED) is 0.873. The van der Waals surface area contributed by atoms with Gasteiger partial charge in [-0.2, -0.15) is 5.26 Å². The second kappa shape index (κ2) is 4.38. The summed E-state index contributed by atoms with van der Waals surface area (Å²) in [5, 5.41) is 12.5. The average molecular weight is 249 g/mol. The van der Waals surface area contributed by atoms with Crippen LogP contribution in [0.2, 0.25) is 5.02 Å². The van der Waals surface area contributed by atoms with E-state index in [-0.39, 0.29) is 5.91 Å². The summed E-state index contributed by atoms with van der Waals surface area (Å²) in [6.07, 6.45) is 2.24. The predicted molar refractivity (Wildman–Crippen MR) is 66.7 cm³/mol. The molecule has 0 atom stereocenters. The van der Waals surface area contributed by atoms with E-state index in [1.54, 1.807) is 18.2 Å². The predicted octanol–water partition coefficient (Wildman–Crippen LogP) is 3.28. The van der Waals surface area contributed by atoms with Crippen molar-refractivity contribution >= 4 is 23.2 Å². The molecule has 4 heteroatoms. The summed E-state index contributed by atoms with van der Waals surface area (Å²) in [6.45, 7) is 1.85. The molecule has 2 rings (SSSR count). The van der Waals surface area contributed by atoms with Crippen molar-refractivity contribution in [2.24, 2.45) is 5.41 Å². The number of amides is 1. The van der Waals surface area contributed by atoms with Gasteiger partial charge in [0.15, 0.2) is 0 Å². The van der Waals surface area contributed by atoms with Crippen molar-refractivity contribution in [2.45, 2.75) is 26.2 Å². The lowest BCUT2D eigenvalue weighted by Gasteiger charge is -2.33. The maximum atomic E-state index is 12.0. The molecule has 0 saturated heterocycles. The Balaban J connectivity index is 2.19. The zero-order valence-electron chi connectivity index (χ0n) is 9.59. The summed E-state index contributed by atoms with van der Waals surface area (Å²) in [5.74, 6) is -0.211. The van der Waals surface area contributed by atoms with Gasteiger partial charge >= 0.3 is 0 Å². The monoisotopic (exact) mass is 248 g/mol. The molecule has 1 saturated carbocycles. The van der Waals surface area contributed by atoms with E-state index in [9.17, 15) is 4.79 Å². The number of carbonyl (C=O) groups excluding carboxylic acids is 1. The van der Waals surface area contributed by atoms with Gasteiger partial charge in [-0.05, 0) is 43.9 Å². The van der Waals surface area contributed by atoms with Crippen LogP contribution in [0, 0.1) is 23.7 Å². The molecule has 0 bridgehead atoms. The molecular formula is C13H13ClN2O. The lowest BCUT2D eigenvalue weighted by molar-refractivity contribution is -0.126. The Morgan fingerprint density at radius 1 is 1.53 bits per heavy atom. The van der Waals surface area contributed by atoms with Gasteiger partial charge in [-0.1, -0.05) is 17.7 Å². The molecule has 1 fully saturated rings. The van der Waals surface area contributed by atoms with Gasteiger partial charge in [0.25, 0.3) is 0 Å². The van der Waals surface area contributed by atoms with E-state index in [0.717, 1.165) is 12.0 Å². The standard InChI is InChI=1S/C13H13ClN2O/c1-9-10(14)4-2-5-11(9)16-12(17)13(8-15)6-3-7-13/h2,4-5H,3,6-7H2,1H3,(H,16,17). The molecule has 88 valence electrons. The first-order chi connectivity index (χ1) is 8.09. The van der Waals surface area contributed by atoms with Gasteiger partial charge in [-0.15, -0.1) is 0 Å². The number of halogens is 1. The smallest absolute Gasteiger partial charge is 0.244 e. The summed E-state index contributed by atoms with van der Waals surface area (Å²) >= 11 is 5.98. The van der Waals surface area contributed by atoms with Gasteiger partial charge in [0.05, 0.1) is 6.07 Å². The molecule has 1 aliphatic carbocycles. The lowest BCUT2D eigenvalue weighted by atomic mass is 9.69. The Kier molecular flexibility index (Phi) is 3.08. The van der Waals surface area contributed by atoms with Gasteiger partial charge < -0.3 is 5.32 Å². The van der Waals surface area contributed by atoms with Crippen LogP contribution in [0.1, 0.15) is 24.8 Å². The number of carbonyl (C=O) groups is 1. The SMILES string of the molecule is Cc1c(Cl)cccc1NC(=O)C1(C#N)CCC1. The lowest BCUT2D eigenvalue weighted by Crippen LogP contribution is -2.40. The molecule has 0 spiro atoms.